The molecule has 0 bridgehead atoms. The second-order valence-corrected chi connectivity index (χ2v) is 4.31. The van der Waals surface area contributed by atoms with Gasteiger partial charge in [-0.2, -0.15) is 0 Å². The molecule has 0 aromatic heterocycles. The van der Waals surface area contributed by atoms with Crippen LogP contribution in [-0.2, 0) is 0 Å². The average molecular weight is 260 g/mol. The smallest absolute Gasteiger partial charge is 0.166 e. The monoisotopic (exact) mass is 259 g/mol. The highest BCUT2D eigenvalue weighted by atomic mass is 79.9. The van der Waals surface area contributed by atoms with Crippen molar-refractivity contribution in [3.8, 4) is 5.75 Å². The van der Waals surface area contributed by atoms with E-state index in [4.69, 9.17) is 10.5 Å². The zero-order valence-corrected chi connectivity index (χ0v) is 9.34. The van der Waals surface area contributed by atoms with Gasteiger partial charge in [0.05, 0.1) is 6.04 Å². The minimum atomic E-state index is -0.347. The Morgan fingerprint density at radius 3 is 2.93 bits per heavy atom. The number of hydrogen-bond acceptors (Lipinski definition) is 2. The first-order chi connectivity index (χ1) is 6.63. The van der Waals surface area contributed by atoms with Crippen LogP contribution in [0.2, 0.25) is 0 Å². The first-order valence-electron chi connectivity index (χ1n) is 4.54. The van der Waals surface area contributed by atoms with Crippen LogP contribution in [-0.4, -0.2) is 6.10 Å². The fourth-order valence-electron chi connectivity index (χ4n) is 1.71. The van der Waals surface area contributed by atoms with Gasteiger partial charge in [-0.05, 0) is 18.6 Å². The van der Waals surface area contributed by atoms with Crippen molar-refractivity contribution in [1.82, 2.24) is 0 Å². The Kier molecular flexibility index (Phi) is 2.49. The van der Waals surface area contributed by atoms with Crippen LogP contribution in [0.1, 0.15) is 24.9 Å². The van der Waals surface area contributed by atoms with Gasteiger partial charge in [-0.3, -0.25) is 0 Å². The molecule has 0 radical (unpaired) electrons. The molecule has 0 fully saturated rings. The first kappa shape index (κ1) is 9.93. The lowest BCUT2D eigenvalue weighted by atomic mass is 10.0. The molecule has 2 N–H and O–H groups in total. The Morgan fingerprint density at radius 2 is 2.29 bits per heavy atom. The molecule has 1 aromatic rings. The van der Waals surface area contributed by atoms with Gasteiger partial charge in [0.25, 0.3) is 0 Å². The van der Waals surface area contributed by atoms with Gasteiger partial charge in [-0.1, -0.05) is 22.9 Å². The molecule has 2 rings (SSSR count). The van der Waals surface area contributed by atoms with Gasteiger partial charge in [-0.15, -0.1) is 0 Å². The van der Waals surface area contributed by atoms with Crippen LogP contribution in [0.5, 0.6) is 5.75 Å². The van der Waals surface area contributed by atoms with Crippen LogP contribution in [0.25, 0.3) is 0 Å². The van der Waals surface area contributed by atoms with Crippen molar-refractivity contribution in [2.75, 3.05) is 0 Å². The van der Waals surface area contributed by atoms with Crippen molar-refractivity contribution in [1.29, 1.82) is 0 Å². The van der Waals surface area contributed by atoms with E-state index < -0.39 is 0 Å². The summed E-state index contributed by atoms with van der Waals surface area (Å²) in [7, 11) is 0. The zero-order valence-electron chi connectivity index (χ0n) is 7.76. The predicted octanol–water partition coefficient (Wildman–Crippen LogP) is 2.76. The molecular formula is C10H11BrFNO. The lowest BCUT2D eigenvalue weighted by molar-refractivity contribution is 0.196. The second kappa shape index (κ2) is 3.51. The summed E-state index contributed by atoms with van der Waals surface area (Å²) in [5, 5.41) is 0. The minimum Gasteiger partial charge on any atom is -0.485 e. The van der Waals surface area contributed by atoms with Gasteiger partial charge in [0.2, 0.25) is 0 Å². The fourth-order valence-corrected chi connectivity index (χ4v) is 2.16. The van der Waals surface area contributed by atoms with E-state index in [0.29, 0.717) is 10.2 Å². The lowest BCUT2D eigenvalue weighted by Gasteiger charge is -2.11. The summed E-state index contributed by atoms with van der Waals surface area (Å²) in [4.78, 5) is 0. The van der Waals surface area contributed by atoms with Gasteiger partial charge in [0, 0.05) is 10.0 Å². The summed E-state index contributed by atoms with van der Waals surface area (Å²) in [5.41, 5.74) is 6.68. The Morgan fingerprint density at radius 1 is 1.57 bits per heavy atom. The standard InChI is InChI=1S/C10H11BrFNO/c1-2-8-9(13)6-3-5(11)4-7(12)10(6)14-8/h3-4,8-9H,2,13H2,1H3. The maximum absolute atomic E-state index is 13.4. The van der Waals surface area contributed by atoms with Crippen LogP contribution in [0.15, 0.2) is 16.6 Å². The molecule has 4 heteroatoms. The molecule has 14 heavy (non-hydrogen) atoms. The number of halogens is 2. The third-order valence-corrected chi connectivity index (χ3v) is 2.93. The summed E-state index contributed by atoms with van der Waals surface area (Å²) in [6.45, 7) is 1.98. The molecule has 2 nitrogen and oxygen atoms in total. The molecule has 1 aromatic carbocycles. The average Bonchev–Trinajstić information content (AvgIpc) is 2.44. The van der Waals surface area contributed by atoms with Crippen molar-refractivity contribution < 1.29 is 9.13 Å². The van der Waals surface area contributed by atoms with Gasteiger partial charge in [0.15, 0.2) is 11.6 Å². The third kappa shape index (κ3) is 1.42. The van der Waals surface area contributed by atoms with E-state index in [1.807, 2.05) is 13.0 Å². The predicted molar refractivity (Wildman–Crippen MR) is 55.7 cm³/mol. The molecule has 1 heterocycles. The second-order valence-electron chi connectivity index (χ2n) is 3.40. The topological polar surface area (TPSA) is 35.2 Å². The van der Waals surface area contributed by atoms with Crippen molar-refractivity contribution in [3.05, 3.63) is 28.0 Å². The van der Waals surface area contributed by atoms with Crippen LogP contribution in [0.4, 0.5) is 4.39 Å². The maximum atomic E-state index is 13.4. The van der Waals surface area contributed by atoms with E-state index in [9.17, 15) is 4.39 Å². The maximum Gasteiger partial charge on any atom is 0.166 e. The molecule has 76 valence electrons. The van der Waals surface area contributed by atoms with Crippen LogP contribution in [0, 0.1) is 5.82 Å². The lowest BCUT2D eigenvalue weighted by Crippen LogP contribution is -2.24. The SMILES string of the molecule is CCC1Oc2c(F)cc(Br)cc2C1N. The Labute approximate surface area is 90.4 Å². The van der Waals surface area contributed by atoms with Gasteiger partial charge < -0.3 is 10.5 Å². The Hall–Kier alpha value is -0.610. The summed E-state index contributed by atoms with van der Waals surface area (Å²) in [6.07, 6.45) is 0.682. The number of nitrogens with two attached hydrogens (primary N) is 1. The summed E-state index contributed by atoms with van der Waals surface area (Å²) >= 11 is 3.23. The normalized spacial score (nSPS) is 24.6. The van der Waals surface area contributed by atoms with Crippen molar-refractivity contribution in [3.63, 3.8) is 0 Å². The quantitative estimate of drug-likeness (QED) is 0.842. The van der Waals surface area contributed by atoms with Gasteiger partial charge in [0.1, 0.15) is 6.10 Å². The molecule has 2 unspecified atom stereocenters. The van der Waals surface area contributed by atoms with Crippen LogP contribution < -0.4 is 10.5 Å². The molecule has 0 aliphatic carbocycles. The minimum absolute atomic E-state index is 0.103. The van der Waals surface area contributed by atoms with E-state index in [1.54, 1.807) is 0 Å². The molecule has 0 saturated carbocycles. The number of rotatable bonds is 1. The fraction of sp³-hybridized carbons (Fsp3) is 0.400. The first-order valence-corrected chi connectivity index (χ1v) is 5.34. The van der Waals surface area contributed by atoms with Crippen molar-refractivity contribution in [2.24, 2.45) is 5.73 Å². The van der Waals surface area contributed by atoms with E-state index in [-0.39, 0.29) is 18.0 Å². The molecule has 0 spiro atoms. The van der Waals surface area contributed by atoms with Gasteiger partial charge >= 0.3 is 0 Å². The van der Waals surface area contributed by atoms with E-state index in [2.05, 4.69) is 15.9 Å². The Bertz CT molecular complexity index is 369. The number of benzene rings is 1. The highest BCUT2D eigenvalue weighted by molar-refractivity contribution is 9.10. The molecular weight excluding hydrogens is 249 g/mol. The number of ether oxygens (including phenoxy) is 1. The summed E-state index contributed by atoms with van der Waals surface area (Å²) < 4.78 is 19.6. The molecule has 1 aliphatic heterocycles. The largest absolute Gasteiger partial charge is 0.485 e. The highest BCUT2D eigenvalue weighted by Crippen LogP contribution is 2.40. The summed E-state index contributed by atoms with van der Waals surface area (Å²) in [6, 6.07) is 2.99. The van der Waals surface area contributed by atoms with E-state index in [1.165, 1.54) is 6.07 Å². The Balaban J connectivity index is 2.48. The van der Waals surface area contributed by atoms with Gasteiger partial charge in [-0.25, -0.2) is 4.39 Å². The number of hydrogen-bond donors (Lipinski definition) is 1. The van der Waals surface area contributed by atoms with Crippen LogP contribution >= 0.6 is 15.9 Å². The summed E-state index contributed by atoms with van der Waals surface area (Å²) in [5.74, 6) is -0.0340. The molecule has 2 atom stereocenters. The molecule has 0 saturated heterocycles. The molecule has 0 amide bonds. The van der Waals surface area contributed by atoms with E-state index >= 15 is 0 Å². The highest BCUT2D eigenvalue weighted by Gasteiger charge is 2.32. The molecule has 1 aliphatic rings. The van der Waals surface area contributed by atoms with Crippen LogP contribution in [0.3, 0.4) is 0 Å². The number of fused-ring (bicyclic) bond motifs is 1. The van der Waals surface area contributed by atoms with Crippen molar-refractivity contribution >= 4 is 15.9 Å². The van der Waals surface area contributed by atoms with E-state index in [0.717, 1.165) is 12.0 Å². The zero-order chi connectivity index (χ0) is 10.3. The third-order valence-electron chi connectivity index (χ3n) is 2.47. The van der Waals surface area contributed by atoms with Crippen molar-refractivity contribution in [2.45, 2.75) is 25.5 Å².